The fourth-order valence-electron chi connectivity index (χ4n) is 4.79. The number of unbranched alkanes of at least 4 members (excludes halogenated alkanes) is 3. The van der Waals surface area contributed by atoms with Crippen molar-refractivity contribution in [3.63, 3.8) is 0 Å². The SMILES string of the molecule is CCCCCC[N+]1=C(CN(Cc2ccccc2)Cc2ccccc2)N=C2C1C(=O)N(C)C(=O)N2C. The lowest BCUT2D eigenvalue weighted by Gasteiger charge is -2.30. The third-order valence-corrected chi connectivity index (χ3v) is 6.73. The second kappa shape index (κ2) is 11.4. The Kier molecular flexibility index (Phi) is 8.08. The van der Waals surface area contributed by atoms with E-state index in [0.29, 0.717) is 12.4 Å². The van der Waals surface area contributed by atoms with Crippen molar-refractivity contribution in [2.45, 2.75) is 51.7 Å². The van der Waals surface area contributed by atoms with E-state index in [0.717, 1.165) is 44.7 Å². The Morgan fingerprint density at radius 2 is 1.43 bits per heavy atom. The summed E-state index contributed by atoms with van der Waals surface area (Å²) in [6.07, 6.45) is 4.42. The summed E-state index contributed by atoms with van der Waals surface area (Å²) in [5.41, 5.74) is 2.45. The van der Waals surface area contributed by atoms with Crippen molar-refractivity contribution in [1.82, 2.24) is 14.7 Å². The van der Waals surface area contributed by atoms with E-state index in [1.54, 1.807) is 14.1 Å². The predicted molar refractivity (Wildman–Crippen MR) is 138 cm³/mol. The molecule has 2 aromatic carbocycles. The van der Waals surface area contributed by atoms with Gasteiger partial charge in [-0.1, -0.05) is 80.4 Å². The van der Waals surface area contributed by atoms with Crippen LogP contribution in [-0.4, -0.2) is 76.1 Å². The molecular weight excluding hydrogens is 438 g/mol. The van der Waals surface area contributed by atoms with E-state index in [1.165, 1.54) is 27.3 Å². The van der Waals surface area contributed by atoms with Crippen LogP contribution >= 0.6 is 0 Å². The zero-order valence-corrected chi connectivity index (χ0v) is 21.1. The Labute approximate surface area is 208 Å². The van der Waals surface area contributed by atoms with Crippen molar-refractivity contribution in [2.24, 2.45) is 4.99 Å². The van der Waals surface area contributed by atoms with Gasteiger partial charge in [-0.2, -0.15) is 0 Å². The van der Waals surface area contributed by atoms with Gasteiger partial charge >= 0.3 is 11.9 Å². The minimum atomic E-state index is -0.533. The molecular formula is C28H36N5O2+. The number of hydrogen-bond donors (Lipinski definition) is 0. The van der Waals surface area contributed by atoms with Gasteiger partial charge in [-0.25, -0.2) is 9.37 Å². The summed E-state index contributed by atoms with van der Waals surface area (Å²) >= 11 is 0. The van der Waals surface area contributed by atoms with E-state index < -0.39 is 6.04 Å². The minimum Gasteiger partial charge on any atom is -0.284 e. The molecule has 35 heavy (non-hydrogen) atoms. The van der Waals surface area contributed by atoms with Gasteiger partial charge in [0.05, 0.1) is 6.54 Å². The Hall–Kier alpha value is -3.32. The van der Waals surface area contributed by atoms with E-state index in [4.69, 9.17) is 4.99 Å². The highest BCUT2D eigenvalue weighted by molar-refractivity contribution is 6.23. The number of imide groups is 1. The van der Waals surface area contributed by atoms with Gasteiger partial charge in [-0.3, -0.25) is 19.5 Å². The molecule has 4 rings (SSSR count). The molecule has 2 aromatic rings. The number of likely N-dealkylation sites (N-methyl/N-ethyl adjacent to an activating group) is 2. The number of fused-ring (bicyclic) bond motifs is 1. The monoisotopic (exact) mass is 474 g/mol. The third kappa shape index (κ3) is 5.68. The van der Waals surface area contributed by atoms with Crippen molar-refractivity contribution in [3.05, 3.63) is 71.8 Å². The molecule has 2 aliphatic rings. The van der Waals surface area contributed by atoms with Gasteiger partial charge in [-0.05, 0) is 29.0 Å². The number of carbonyl (C=O) groups excluding carboxylic acids is 2. The first-order valence-corrected chi connectivity index (χ1v) is 12.6. The first-order valence-electron chi connectivity index (χ1n) is 12.6. The quantitative estimate of drug-likeness (QED) is 0.366. The van der Waals surface area contributed by atoms with Gasteiger partial charge in [0.1, 0.15) is 6.54 Å². The topological polar surface area (TPSA) is 59.2 Å². The lowest BCUT2D eigenvalue weighted by molar-refractivity contribution is -0.537. The molecule has 0 aliphatic carbocycles. The molecule has 2 aliphatic heterocycles. The molecule has 1 saturated heterocycles. The fourth-order valence-corrected chi connectivity index (χ4v) is 4.79. The van der Waals surface area contributed by atoms with E-state index in [2.05, 4.69) is 64.9 Å². The summed E-state index contributed by atoms with van der Waals surface area (Å²) in [6.45, 7) is 5.07. The van der Waals surface area contributed by atoms with Gasteiger partial charge in [0.15, 0.2) is 0 Å². The summed E-state index contributed by atoms with van der Waals surface area (Å²) in [4.78, 5) is 35.8. The largest absolute Gasteiger partial charge is 0.333 e. The molecule has 184 valence electrons. The molecule has 0 N–H and O–H groups in total. The van der Waals surface area contributed by atoms with Crippen LogP contribution in [0.2, 0.25) is 0 Å². The normalized spacial score (nSPS) is 17.9. The highest BCUT2D eigenvalue weighted by atomic mass is 16.2. The molecule has 0 aromatic heterocycles. The maximum atomic E-state index is 13.2. The highest BCUT2D eigenvalue weighted by Crippen LogP contribution is 2.21. The second-order valence-corrected chi connectivity index (χ2v) is 9.40. The molecule has 0 radical (unpaired) electrons. The zero-order valence-electron chi connectivity index (χ0n) is 21.1. The molecule has 0 bridgehead atoms. The van der Waals surface area contributed by atoms with Gasteiger partial charge in [-0.15, -0.1) is 0 Å². The lowest BCUT2D eigenvalue weighted by atomic mass is 10.1. The van der Waals surface area contributed by atoms with Crippen LogP contribution in [0, 0.1) is 0 Å². The number of nitrogens with zero attached hydrogens (tertiary/aromatic N) is 5. The average molecular weight is 475 g/mol. The molecule has 2 heterocycles. The summed E-state index contributed by atoms with van der Waals surface area (Å²) in [6, 6.07) is 20.0. The molecule has 0 saturated carbocycles. The Morgan fingerprint density at radius 3 is 2.00 bits per heavy atom. The molecule has 1 fully saturated rings. The van der Waals surface area contributed by atoms with Crippen LogP contribution in [0.5, 0.6) is 0 Å². The van der Waals surface area contributed by atoms with E-state index >= 15 is 0 Å². The number of carbonyl (C=O) groups is 2. The van der Waals surface area contributed by atoms with Crippen molar-refractivity contribution in [2.75, 3.05) is 27.2 Å². The van der Waals surface area contributed by atoms with Gasteiger partial charge in [0, 0.05) is 27.2 Å². The number of aliphatic imine (C=N–C) groups is 1. The first kappa shape index (κ1) is 24.8. The maximum Gasteiger partial charge on any atom is 0.333 e. The van der Waals surface area contributed by atoms with Gasteiger partial charge in [0.2, 0.25) is 0 Å². The Morgan fingerprint density at radius 1 is 0.829 bits per heavy atom. The number of hydrogen-bond acceptors (Lipinski definition) is 4. The zero-order chi connectivity index (χ0) is 24.8. The van der Waals surface area contributed by atoms with E-state index in [-0.39, 0.29) is 11.9 Å². The summed E-state index contributed by atoms with van der Waals surface area (Å²) in [5.74, 6) is 1.20. The number of urea groups is 1. The number of rotatable bonds is 11. The molecule has 7 heteroatoms. The first-order chi connectivity index (χ1) is 17.0. The van der Waals surface area contributed by atoms with E-state index in [1.807, 2.05) is 12.1 Å². The highest BCUT2D eigenvalue weighted by Gasteiger charge is 2.52. The molecule has 1 unspecified atom stereocenters. The summed E-state index contributed by atoms with van der Waals surface area (Å²) in [5, 5.41) is 0. The van der Waals surface area contributed by atoms with Crippen molar-refractivity contribution >= 4 is 23.6 Å². The van der Waals surface area contributed by atoms with Crippen LogP contribution < -0.4 is 0 Å². The van der Waals surface area contributed by atoms with Crippen molar-refractivity contribution < 1.29 is 14.2 Å². The summed E-state index contributed by atoms with van der Waals surface area (Å²) < 4.78 is 2.13. The smallest absolute Gasteiger partial charge is 0.284 e. The van der Waals surface area contributed by atoms with Gasteiger partial charge < -0.3 is 0 Å². The molecule has 1 atom stereocenters. The molecule has 0 spiro atoms. The van der Waals surface area contributed by atoms with Crippen LogP contribution in [0.1, 0.15) is 43.7 Å². The van der Waals surface area contributed by atoms with Crippen LogP contribution in [-0.2, 0) is 17.9 Å². The summed E-state index contributed by atoms with van der Waals surface area (Å²) in [7, 11) is 3.27. The van der Waals surface area contributed by atoms with E-state index in [9.17, 15) is 9.59 Å². The molecule has 3 amide bonds. The minimum absolute atomic E-state index is 0.199. The van der Waals surface area contributed by atoms with Crippen molar-refractivity contribution in [1.29, 1.82) is 0 Å². The van der Waals surface area contributed by atoms with Crippen molar-refractivity contribution in [3.8, 4) is 0 Å². The maximum absolute atomic E-state index is 13.2. The van der Waals surface area contributed by atoms with Crippen LogP contribution in [0.4, 0.5) is 4.79 Å². The van der Waals surface area contributed by atoms with Crippen LogP contribution in [0.25, 0.3) is 0 Å². The predicted octanol–water partition coefficient (Wildman–Crippen LogP) is 3.98. The number of amidine groups is 2. The second-order valence-electron chi connectivity index (χ2n) is 9.40. The standard InChI is InChI=1S/C28H36N5O2/c1-4-5-6-13-18-33-24(29-26-25(33)27(34)31(3)28(35)30(26)2)21-32(19-22-14-9-7-10-15-22)20-23-16-11-8-12-17-23/h7-12,14-17,25H,4-6,13,18-21H2,1-3H3/q+1. The Balaban J connectivity index is 1.65. The number of benzene rings is 2. The Bertz CT molecular complexity index is 1060. The van der Waals surface area contributed by atoms with Gasteiger partial charge in [0.25, 0.3) is 17.8 Å². The third-order valence-electron chi connectivity index (χ3n) is 6.73. The van der Waals surface area contributed by atoms with Crippen LogP contribution in [0.3, 0.4) is 0 Å². The molecule has 7 nitrogen and oxygen atoms in total. The fraction of sp³-hybridized carbons (Fsp3) is 0.429. The lowest BCUT2D eigenvalue weighted by Crippen LogP contribution is -2.61. The van der Waals surface area contributed by atoms with Crippen LogP contribution in [0.15, 0.2) is 65.7 Å². The average Bonchev–Trinajstić information content (AvgIpc) is 3.23. The number of amides is 3.